The predicted octanol–water partition coefficient (Wildman–Crippen LogP) is 5.07. The number of benzene rings is 1. The molecule has 0 N–H and O–H groups in total. The first-order valence-corrected chi connectivity index (χ1v) is 12.7. The average molecular weight is 521 g/mol. The van der Waals surface area contributed by atoms with Crippen LogP contribution in [0.2, 0.25) is 0 Å². The van der Waals surface area contributed by atoms with E-state index in [-0.39, 0.29) is 17.9 Å². The predicted molar refractivity (Wildman–Crippen MR) is 135 cm³/mol. The monoisotopic (exact) mass is 520 g/mol. The quantitative estimate of drug-likeness (QED) is 0.481. The molecule has 0 aliphatic carbocycles. The second-order valence-electron chi connectivity index (χ2n) is 9.71. The van der Waals surface area contributed by atoms with Gasteiger partial charge in [-0.25, -0.2) is 9.50 Å². The van der Waals surface area contributed by atoms with Crippen molar-refractivity contribution >= 4 is 33.3 Å². The smallest absolute Gasteiger partial charge is 0.254 e. The van der Waals surface area contributed by atoms with Gasteiger partial charge in [-0.2, -0.15) is 10.4 Å². The molecule has 0 saturated carbocycles. The first kappa shape index (κ1) is 22.9. The minimum atomic E-state index is -0.0696. The molecule has 2 aliphatic rings. The zero-order valence-electron chi connectivity index (χ0n) is 19.8. The summed E-state index contributed by atoms with van der Waals surface area (Å²) in [4.78, 5) is 22.7. The van der Waals surface area contributed by atoms with Gasteiger partial charge >= 0.3 is 0 Å². The number of anilines is 1. The Balaban J connectivity index is 1.47. The van der Waals surface area contributed by atoms with Crippen LogP contribution in [-0.2, 0) is 0 Å². The van der Waals surface area contributed by atoms with Gasteiger partial charge in [0, 0.05) is 47.5 Å². The number of amides is 1. The number of hydrogen-bond donors (Lipinski definition) is 0. The summed E-state index contributed by atoms with van der Waals surface area (Å²) in [5.41, 5.74) is 4.41. The molecule has 1 aromatic carbocycles. The van der Waals surface area contributed by atoms with Crippen LogP contribution in [0.25, 0.3) is 5.65 Å². The molecule has 0 bridgehead atoms. The number of hydrogen-bond acceptors (Lipinski definition) is 5. The Bertz CT molecular complexity index is 1290. The average Bonchev–Trinajstić information content (AvgIpc) is 3.42. The molecule has 2 aromatic heterocycles. The maximum atomic E-state index is 13.6. The van der Waals surface area contributed by atoms with Crippen molar-refractivity contribution in [1.29, 1.82) is 5.26 Å². The molecule has 8 heteroatoms. The van der Waals surface area contributed by atoms with Gasteiger partial charge in [-0.3, -0.25) is 4.79 Å². The first-order chi connectivity index (χ1) is 16.4. The van der Waals surface area contributed by atoms with Gasteiger partial charge in [-0.05, 0) is 56.7 Å². The summed E-state index contributed by atoms with van der Waals surface area (Å²) in [5, 5.41) is 14.3. The fourth-order valence-corrected chi connectivity index (χ4v) is 5.63. The number of halogens is 1. The molecule has 2 saturated heterocycles. The fourth-order valence-electron chi connectivity index (χ4n) is 5.27. The number of aryl methyl sites for hydroxylation is 2. The SMILES string of the molecule is Cc1ccc(Br)cc1C(=O)N1CCCC[C@H]1c1cc2nc(N3C[C@@H](C#N)[C@@H](C)C3)c(C)cn2n1. The highest BCUT2D eigenvalue weighted by molar-refractivity contribution is 9.10. The maximum Gasteiger partial charge on any atom is 0.254 e. The molecule has 3 aromatic rings. The zero-order chi connectivity index (χ0) is 24.0. The van der Waals surface area contributed by atoms with Crippen molar-refractivity contribution in [3.8, 4) is 6.07 Å². The number of aromatic nitrogens is 3. The van der Waals surface area contributed by atoms with Crippen molar-refractivity contribution in [2.24, 2.45) is 11.8 Å². The van der Waals surface area contributed by atoms with Gasteiger partial charge in [0.2, 0.25) is 0 Å². The lowest BCUT2D eigenvalue weighted by Gasteiger charge is -2.35. The van der Waals surface area contributed by atoms with E-state index in [2.05, 4.69) is 33.8 Å². The summed E-state index contributed by atoms with van der Waals surface area (Å²) in [6.07, 6.45) is 4.97. The molecule has 176 valence electrons. The second kappa shape index (κ2) is 9.03. The largest absolute Gasteiger partial charge is 0.355 e. The van der Waals surface area contributed by atoms with Crippen molar-refractivity contribution in [3.05, 3.63) is 57.3 Å². The third-order valence-electron chi connectivity index (χ3n) is 7.24. The van der Waals surface area contributed by atoms with Gasteiger partial charge in [-0.1, -0.05) is 28.9 Å². The molecule has 2 aliphatic heterocycles. The number of piperidine rings is 1. The summed E-state index contributed by atoms with van der Waals surface area (Å²) in [7, 11) is 0. The minimum absolute atomic E-state index is 0.0289. The lowest BCUT2D eigenvalue weighted by atomic mass is 9.97. The third kappa shape index (κ3) is 4.07. The first-order valence-electron chi connectivity index (χ1n) is 11.9. The van der Waals surface area contributed by atoms with Gasteiger partial charge in [0.15, 0.2) is 5.65 Å². The van der Waals surface area contributed by atoms with E-state index in [1.54, 1.807) is 0 Å². The van der Waals surface area contributed by atoms with E-state index in [4.69, 9.17) is 10.1 Å². The minimum Gasteiger partial charge on any atom is -0.355 e. The van der Waals surface area contributed by atoms with Crippen LogP contribution in [0.3, 0.4) is 0 Å². The standard InChI is InChI=1S/C26H29BrN6O/c1-16-7-8-20(27)10-21(16)26(34)32-9-5-4-6-23(32)22-11-24-29-25(18(3)14-33(24)30-22)31-13-17(2)19(12-28)15-31/h7-8,10-11,14,17,19,23H,4-6,9,13,15H2,1-3H3/t17-,19+,23-/m0/s1. The highest BCUT2D eigenvalue weighted by Crippen LogP contribution is 2.34. The van der Waals surface area contributed by atoms with E-state index in [9.17, 15) is 10.1 Å². The van der Waals surface area contributed by atoms with Gasteiger partial charge in [0.25, 0.3) is 5.91 Å². The Labute approximate surface area is 208 Å². The Hall–Kier alpha value is -2.92. The van der Waals surface area contributed by atoms with E-state index < -0.39 is 0 Å². The lowest BCUT2D eigenvalue weighted by Crippen LogP contribution is -2.39. The molecule has 0 unspecified atom stereocenters. The van der Waals surface area contributed by atoms with Crippen molar-refractivity contribution in [2.75, 3.05) is 24.5 Å². The molecule has 2 fully saturated rings. The van der Waals surface area contributed by atoms with Crippen LogP contribution in [0, 0.1) is 37.0 Å². The molecule has 0 spiro atoms. The van der Waals surface area contributed by atoms with Crippen LogP contribution in [0.15, 0.2) is 34.9 Å². The Morgan fingerprint density at radius 3 is 2.76 bits per heavy atom. The number of carbonyl (C=O) groups excluding carboxylic acids is 1. The maximum absolute atomic E-state index is 13.6. The van der Waals surface area contributed by atoms with Crippen LogP contribution < -0.4 is 4.90 Å². The third-order valence-corrected chi connectivity index (χ3v) is 7.73. The van der Waals surface area contributed by atoms with Gasteiger partial charge in [-0.15, -0.1) is 0 Å². The number of rotatable bonds is 3. The summed E-state index contributed by atoms with van der Waals surface area (Å²) in [6.45, 7) is 8.41. The van der Waals surface area contributed by atoms with Crippen molar-refractivity contribution < 1.29 is 4.79 Å². The van der Waals surface area contributed by atoms with Crippen molar-refractivity contribution in [3.63, 3.8) is 0 Å². The van der Waals surface area contributed by atoms with Crippen LogP contribution in [0.1, 0.15) is 59.4 Å². The molecule has 34 heavy (non-hydrogen) atoms. The number of fused-ring (bicyclic) bond motifs is 1. The zero-order valence-corrected chi connectivity index (χ0v) is 21.4. The number of likely N-dealkylation sites (tertiary alicyclic amines) is 1. The molecule has 1 amide bonds. The number of carbonyl (C=O) groups is 1. The normalized spacial score (nSPS) is 22.9. The Morgan fingerprint density at radius 2 is 2.00 bits per heavy atom. The van der Waals surface area contributed by atoms with Crippen LogP contribution in [-0.4, -0.2) is 45.0 Å². The lowest BCUT2D eigenvalue weighted by molar-refractivity contribution is 0.0605. The number of nitriles is 1. The molecular formula is C26H29BrN6O. The van der Waals surface area contributed by atoms with Crippen molar-refractivity contribution in [1.82, 2.24) is 19.5 Å². The number of nitrogens with zero attached hydrogens (tertiary/aromatic N) is 6. The van der Waals surface area contributed by atoms with E-state index in [0.717, 1.165) is 70.7 Å². The molecule has 5 rings (SSSR count). The molecule has 4 heterocycles. The van der Waals surface area contributed by atoms with Crippen LogP contribution in [0.4, 0.5) is 5.82 Å². The summed E-state index contributed by atoms with van der Waals surface area (Å²) < 4.78 is 2.74. The summed E-state index contributed by atoms with van der Waals surface area (Å²) in [5.74, 6) is 1.33. The van der Waals surface area contributed by atoms with Gasteiger partial charge in [0.1, 0.15) is 5.82 Å². The van der Waals surface area contributed by atoms with E-state index >= 15 is 0 Å². The molecule has 3 atom stereocenters. The summed E-state index contributed by atoms with van der Waals surface area (Å²) in [6, 6.07) is 10.2. The van der Waals surface area contributed by atoms with Crippen molar-refractivity contribution in [2.45, 2.75) is 46.1 Å². The van der Waals surface area contributed by atoms with E-state index in [0.29, 0.717) is 12.5 Å². The fraction of sp³-hybridized carbons (Fsp3) is 0.462. The molecular weight excluding hydrogens is 492 g/mol. The topological polar surface area (TPSA) is 77.5 Å². The van der Waals surface area contributed by atoms with Gasteiger partial charge < -0.3 is 9.80 Å². The Morgan fingerprint density at radius 1 is 1.18 bits per heavy atom. The van der Waals surface area contributed by atoms with E-state index in [1.165, 1.54) is 0 Å². The highest BCUT2D eigenvalue weighted by Gasteiger charge is 2.33. The van der Waals surface area contributed by atoms with Gasteiger partial charge in [0.05, 0.1) is 23.7 Å². The summed E-state index contributed by atoms with van der Waals surface area (Å²) >= 11 is 3.51. The molecule has 7 nitrogen and oxygen atoms in total. The van der Waals surface area contributed by atoms with Crippen LogP contribution >= 0.6 is 15.9 Å². The van der Waals surface area contributed by atoms with E-state index in [1.807, 2.05) is 53.7 Å². The second-order valence-corrected chi connectivity index (χ2v) is 10.6. The highest BCUT2D eigenvalue weighted by atomic mass is 79.9. The Kier molecular flexibility index (Phi) is 6.07. The van der Waals surface area contributed by atoms with Crippen LogP contribution in [0.5, 0.6) is 0 Å². The molecule has 0 radical (unpaired) electrons.